The Morgan fingerprint density at radius 2 is 0.981 bits per heavy atom. The zero-order valence-electron chi connectivity index (χ0n) is 33.8. The number of carboxylic acid groups (broad SMARTS) is 1. The number of ether oxygens (including phenoxy) is 3. The van der Waals surface area contributed by atoms with E-state index in [1.165, 1.54) is 0 Å². The number of hydrogen-bond acceptors (Lipinski definition) is 7. The van der Waals surface area contributed by atoms with Crippen LogP contribution in [0.2, 0.25) is 0 Å². The molecular formula is C46H69NO7. The van der Waals surface area contributed by atoms with Gasteiger partial charge in [0.1, 0.15) is 12.6 Å². The van der Waals surface area contributed by atoms with Crippen LogP contribution in [0.1, 0.15) is 97.3 Å². The van der Waals surface area contributed by atoms with Crippen LogP contribution in [0.4, 0.5) is 0 Å². The fourth-order valence-electron chi connectivity index (χ4n) is 4.82. The summed E-state index contributed by atoms with van der Waals surface area (Å²) in [6, 6.07) is -0.748. The van der Waals surface area contributed by atoms with Gasteiger partial charge in [-0.15, -0.1) is 0 Å². The van der Waals surface area contributed by atoms with Crippen LogP contribution in [-0.2, 0) is 28.6 Å². The molecule has 0 heterocycles. The van der Waals surface area contributed by atoms with Crippen molar-refractivity contribution in [3.63, 3.8) is 0 Å². The number of rotatable bonds is 32. The van der Waals surface area contributed by atoms with Crippen LogP contribution in [0.15, 0.2) is 122 Å². The predicted octanol–water partition coefficient (Wildman–Crippen LogP) is 8.96. The highest BCUT2D eigenvalue weighted by atomic mass is 16.6. The van der Waals surface area contributed by atoms with E-state index in [0.29, 0.717) is 12.8 Å². The maximum absolute atomic E-state index is 12.6. The summed E-state index contributed by atoms with van der Waals surface area (Å²) < 4.78 is 17.0. The smallest absolute Gasteiger partial charge is 0.306 e. The lowest BCUT2D eigenvalue weighted by Gasteiger charge is -2.34. The van der Waals surface area contributed by atoms with Crippen LogP contribution in [-0.4, -0.2) is 75.5 Å². The van der Waals surface area contributed by atoms with E-state index in [9.17, 15) is 19.5 Å². The third kappa shape index (κ3) is 33.6. The highest BCUT2D eigenvalue weighted by Crippen LogP contribution is 2.11. The molecule has 0 aliphatic carbocycles. The number of aliphatic carboxylic acids is 1. The van der Waals surface area contributed by atoms with E-state index in [-0.39, 0.29) is 55.5 Å². The van der Waals surface area contributed by atoms with E-state index in [1.807, 2.05) is 97.2 Å². The minimum atomic E-state index is -1.15. The second kappa shape index (κ2) is 35.7. The van der Waals surface area contributed by atoms with Gasteiger partial charge < -0.3 is 28.6 Å². The van der Waals surface area contributed by atoms with Crippen molar-refractivity contribution in [2.75, 3.05) is 41.0 Å². The number of carbonyl (C=O) groups excluding carboxylic acids is 3. The molecule has 0 rings (SSSR count). The molecule has 0 aromatic heterocycles. The van der Waals surface area contributed by atoms with Gasteiger partial charge in [0, 0.05) is 19.3 Å². The largest absolute Gasteiger partial charge is 0.544 e. The minimum absolute atomic E-state index is 0.000119. The van der Waals surface area contributed by atoms with E-state index < -0.39 is 18.1 Å². The van der Waals surface area contributed by atoms with Crippen molar-refractivity contribution in [3.8, 4) is 0 Å². The van der Waals surface area contributed by atoms with E-state index in [0.717, 1.165) is 51.4 Å². The molecular weight excluding hydrogens is 679 g/mol. The highest BCUT2D eigenvalue weighted by Gasteiger charge is 2.25. The Bertz CT molecular complexity index is 1290. The number of esters is 2. The number of unbranched alkanes of at least 4 members (excludes halogenated alkanes) is 6. The summed E-state index contributed by atoms with van der Waals surface area (Å²) in [7, 11) is 5.35. The quantitative estimate of drug-likeness (QED) is 0.0293. The number of quaternary nitrogens is 1. The molecule has 2 atom stereocenters. The van der Waals surface area contributed by atoms with Crippen LogP contribution in [0.3, 0.4) is 0 Å². The molecule has 0 bridgehead atoms. The van der Waals surface area contributed by atoms with Gasteiger partial charge in [0.15, 0.2) is 6.10 Å². The fraction of sp³-hybridized carbons (Fsp3) is 0.500. The number of carbonyl (C=O) groups is 3. The van der Waals surface area contributed by atoms with Gasteiger partial charge in [-0.05, 0) is 51.4 Å². The Morgan fingerprint density at radius 3 is 1.41 bits per heavy atom. The summed E-state index contributed by atoms with van der Waals surface area (Å²) in [5.41, 5.74) is 0. The highest BCUT2D eigenvalue weighted by molar-refractivity contribution is 5.70. The van der Waals surface area contributed by atoms with Crippen molar-refractivity contribution in [1.82, 2.24) is 0 Å². The van der Waals surface area contributed by atoms with E-state index in [2.05, 4.69) is 38.2 Å². The standard InChI is InChI=1S/C46H69NO7/c1-6-8-10-12-14-16-18-20-21-22-23-25-26-28-30-32-34-36-44(48)53-41-42(40-52-39-38-43(46(50)51)47(3,4)5)54-45(49)37-35-33-31-29-27-24-19-17-15-13-11-9-7-2/h8-27,42-43H,6-7,28-41H2,1-5H3/b10-8+,11-9+,14-12+,15-13+,18-16+,19-17+,21-20+,23-22+,26-25+,27-24+. The van der Waals surface area contributed by atoms with Crippen molar-refractivity contribution in [2.24, 2.45) is 0 Å². The first kappa shape index (κ1) is 49.7. The summed E-state index contributed by atoms with van der Waals surface area (Å²) in [4.78, 5) is 36.7. The van der Waals surface area contributed by atoms with Crippen LogP contribution >= 0.6 is 0 Å². The summed E-state index contributed by atoms with van der Waals surface area (Å²) >= 11 is 0. The minimum Gasteiger partial charge on any atom is -0.544 e. The summed E-state index contributed by atoms with van der Waals surface area (Å²) in [6.07, 6.45) is 49.4. The molecule has 0 fully saturated rings. The van der Waals surface area contributed by atoms with Gasteiger partial charge in [-0.3, -0.25) is 9.59 Å². The van der Waals surface area contributed by atoms with Gasteiger partial charge in [-0.2, -0.15) is 0 Å². The lowest BCUT2D eigenvalue weighted by molar-refractivity contribution is -0.889. The maximum atomic E-state index is 12.6. The van der Waals surface area contributed by atoms with Gasteiger partial charge in [-0.1, -0.05) is 148 Å². The van der Waals surface area contributed by atoms with Crippen LogP contribution < -0.4 is 5.11 Å². The average Bonchev–Trinajstić information content (AvgIpc) is 3.12. The summed E-state index contributed by atoms with van der Waals surface area (Å²) in [5, 5.41) is 11.6. The lowest BCUT2D eigenvalue weighted by atomic mass is 10.1. The number of carboxylic acids is 1. The van der Waals surface area contributed by atoms with Gasteiger partial charge in [-0.25, -0.2) is 0 Å². The Kier molecular flexibility index (Phi) is 32.9. The monoisotopic (exact) mass is 748 g/mol. The molecule has 2 unspecified atom stereocenters. The van der Waals surface area contributed by atoms with Crippen molar-refractivity contribution < 1.29 is 38.2 Å². The van der Waals surface area contributed by atoms with Crippen LogP contribution in [0.25, 0.3) is 0 Å². The first-order chi connectivity index (χ1) is 26.1. The molecule has 0 saturated heterocycles. The molecule has 0 aromatic carbocycles. The van der Waals surface area contributed by atoms with Crippen LogP contribution in [0, 0.1) is 0 Å². The van der Waals surface area contributed by atoms with Crippen molar-refractivity contribution in [3.05, 3.63) is 122 Å². The molecule has 8 heteroatoms. The second-order valence-electron chi connectivity index (χ2n) is 13.6. The molecule has 54 heavy (non-hydrogen) atoms. The Morgan fingerprint density at radius 1 is 0.556 bits per heavy atom. The van der Waals surface area contributed by atoms with Gasteiger partial charge in [0.2, 0.25) is 0 Å². The molecule has 0 N–H and O–H groups in total. The number of likely N-dealkylation sites (N-methyl/N-ethyl adjacent to an activating group) is 1. The molecule has 0 radical (unpaired) electrons. The van der Waals surface area contributed by atoms with E-state index >= 15 is 0 Å². The zero-order chi connectivity index (χ0) is 40.0. The fourth-order valence-corrected chi connectivity index (χ4v) is 4.82. The second-order valence-corrected chi connectivity index (χ2v) is 13.6. The van der Waals surface area contributed by atoms with Crippen molar-refractivity contribution in [2.45, 2.75) is 109 Å². The topological polar surface area (TPSA) is 102 Å². The lowest BCUT2D eigenvalue weighted by Crippen LogP contribution is -2.55. The van der Waals surface area contributed by atoms with Crippen LogP contribution in [0.5, 0.6) is 0 Å². The molecule has 0 saturated carbocycles. The van der Waals surface area contributed by atoms with Crippen molar-refractivity contribution >= 4 is 17.9 Å². The number of hydrogen-bond donors (Lipinski definition) is 0. The third-order valence-corrected chi connectivity index (χ3v) is 7.85. The SMILES string of the molecule is CC/C=C/C=C/C=C/C=C/C=C/C=C/CCCCCC(=O)OCC(COCCC(C(=O)[O-])[N+](C)(C)C)OC(=O)CCCCC/C=C/C=C/C=C/C=C/CC. The van der Waals surface area contributed by atoms with Crippen molar-refractivity contribution in [1.29, 1.82) is 0 Å². The molecule has 0 spiro atoms. The number of allylic oxidation sites excluding steroid dienone is 20. The van der Waals surface area contributed by atoms with E-state index in [1.54, 1.807) is 21.1 Å². The Balaban J connectivity index is 4.60. The first-order valence-corrected chi connectivity index (χ1v) is 19.7. The van der Waals surface area contributed by atoms with Gasteiger partial charge in [0.05, 0.1) is 40.3 Å². The molecule has 0 aliphatic rings. The maximum Gasteiger partial charge on any atom is 0.306 e. The summed E-state index contributed by atoms with van der Waals surface area (Å²) in [5.74, 6) is -1.87. The molecule has 0 aliphatic heterocycles. The Hall–Kier alpha value is -4.27. The molecule has 0 aromatic rings. The third-order valence-electron chi connectivity index (χ3n) is 7.85. The predicted molar refractivity (Wildman–Crippen MR) is 221 cm³/mol. The number of nitrogens with zero attached hydrogens (tertiary/aromatic N) is 1. The Labute approximate surface area is 327 Å². The zero-order valence-corrected chi connectivity index (χ0v) is 33.8. The normalized spacial score (nSPS) is 14.3. The van der Waals surface area contributed by atoms with Gasteiger partial charge in [0.25, 0.3) is 0 Å². The summed E-state index contributed by atoms with van der Waals surface area (Å²) in [6.45, 7) is 4.23. The molecule has 300 valence electrons. The average molecular weight is 748 g/mol. The van der Waals surface area contributed by atoms with Gasteiger partial charge >= 0.3 is 11.9 Å². The first-order valence-electron chi connectivity index (χ1n) is 19.7. The van der Waals surface area contributed by atoms with E-state index in [4.69, 9.17) is 14.2 Å². The molecule has 8 nitrogen and oxygen atoms in total. The molecule has 0 amide bonds.